The van der Waals surface area contributed by atoms with E-state index < -0.39 is 0 Å². The van der Waals surface area contributed by atoms with E-state index in [1.165, 1.54) is 0 Å². The molecule has 2 aliphatic rings. The Morgan fingerprint density at radius 3 is 2.67 bits per heavy atom. The third-order valence-corrected chi connectivity index (χ3v) is 4.28. The Hall–Kier alpha value is -0.810. The van der Waals surface area contributed by atoms with Gasteiger partial charge in [0.05, 0.1) is 6.54 Å². The van der Waals surface area contributed by atoms with E-state index in [-0.39, 0.29) is 30.8 Å². The van der Waals surface area contributed by atoms with Crippen LogP contribution in [0.15, 0.2) is 0 Å². The molecule has 0 bridgehead atoms. The lowest BCUT2D eigenvalue weighted by atomic mass is 10.0. The molecule has 2 aliphatic heterocycles. The summed E-state index contributed by atoms with van der Waals surface area (Å²) in [4.78, 5) is 28.2. The van der Waals surface area contributed by atoms with Crippen molar-refractivity contribution in [3.63, 3.8) is 0 Å². The highest BCUT2D eigenvalue weighted by atomic mass is 35.5. The fraction of sp³-hybridized carbons (Fsp3) is 0.867. The first kappa shape index (κ1) is 18.2. The molecule has 122 valence electrons. The number of piperidine rings is 2. The second-order valence-corrected chi connectivity index (χ2v) is 5.84. The van der Waals surface area contributed by atoms with Gasteiger partial charge in [0.25, 0.3) is 0 Å². The molecule has 0 aromatic rings. The van der Waals surface area contributed by atoms with Crippen molar-refractivity contribution in [3.8, 4) is 0 Å². The average molecular weight is 318 g/mol. The van der Waals surface area contributed by atoms with Gasteiger partial charge in [0, 0.05) is 25.6 Å². The van der Waals surface area contributed by atoms with Crippen molar-refractivity contribution in [1.82, 2.24) is 15.1 Å². The summed E-state index contributed by atoms with van der Waals surface area (Å²) in [5.41, 5.74) is 0. The summed E-state index contributed by atoms with van der Waals surface area (Å²) < 4.78 is 0. The van der Waals surface area contributed by atoms with Crippen LogP contribution in [0.1, 0.15) is 45.4 Å². The van der Waals surface area contributed by atoms with E-state index in [0.717, 1.165) is 58.3 Å². The largest absolute Gasteiger partial charge is 0.338 e. The predicted octanol–water partition coefficient (Wildman–Crippen LogP) is 1.41. The average Bonchev–Trinajstić information content (AvgIpc) is 2.48. The van der Waals surface area contributed by atoms with Crippen LogP contribution in [-0.4, -0.2) is 60.4 Å². The molecule has 0 radical (unpaired) electrons. The summed E-state index contributed by atoms with van der Waals surface area (Å²) in [7, 11) is 0. The molecule has 1 N–H and O–H groups in total. The van der Waals surface area contributed by atoms with Crippen molar-refractivity contribution in [2.45, 2.75) is 51.5 Å². The lowest BCUT2D eigenvalue weighted by Gasteiger charge is -2.36. The molecule has 2 saturated heterocycles. The molecule has 2 fully saturated rings. The summed E-state index contributed by atoms with van der Waals surface area (Å²) in [6.07, 6.45) is 5.63. The summed E-state index contributed by atoms with van der Waals surface area (Å²) >= 11 is 0. The fourth-order valence-electron chi connectivity index (χ4n) is 3.15. The normalized spacial score (nSPS) is 20.0. The van der Waals surface area contributed by atoms with Crippen LogP contribution in [0.4, 0.5) is 0 Å². The highest BCUT2D eigenvalue weighted by Gasteiger charge is 2.28. The molecular weight excluding hydrogens is 290 g/mol. The maximum atomic E-state index is 12.6. The number of likely N-dealkylation sites (tertiary alicyclic amines) is 1. The van der Waals surface area contributed by atoms with Crippen molar-refractivity contribution < 1.29 is 9.59 Å². The Morgan fingerprint density at radius 1 is 1.33 bits per heavy atom. The van der Waals surface area contributed by atoms with Gasteiger partial charge in [-0.3, -0.25) is 9.59 Å². The molecule has 0 aliphatic carbocycles. The summed E-state index contributed by atoms with van der Waals surface area (Å²) in [5, 5.41) is 3.34. The van der Waals surface area contributed by atoms with E-state index in [2.05, 4.69) is 12.2 Å². The first-order valence-electron chi connectivity index (χ1n) is 8.00. The standard InChI is InChI=1S/C15H27N3O2.ClH/c1-2-10-18(13-6-8-16-9-7-13)15(20)12-17-11-4-3-5-14(17)19;/h13,16H,2-12H2,1H3;1H. The van der Waals surface area contributed by atoms with Crippen LogP contribution in [-0.2, 0) is 9.59 Å². The quantitative estimate of drug-likeness (QED) is 0.834. The molecular formula is C15H28ClN3O2. The molecule has 2 amide bonds. The van der Waals surface area contributed by atoms with E-state index in [0.29, 0.717) is 12.5 Å². The number of hydrogen-bond donors (Lipinski definition) is 1. The Morgan fingerprint density at radius 2 is 2.05 bits per heavy atom. The minimum absolute atomic E-state index is 0. The Balaban J connectivity index is 0.00000220. The van der Waals surface area contributed by atoms with Gasteiger partial charge >= 0.3 is 0 Å². The second-order valence-electron chi connectivity index (χ2n) is 5.84. The zero-order valence-electron chi connectivity index (χ0n) is 13.0. The summed E-state index contributed by atoms with van der Waals surface area (Å²) in [5.74, 6) is 0.278. The topological polar surface area (TPSA) is 52.7 Å². The molecule has 5 nitrogen and oxygen atoms in total. The maximum Gasteiger partial charge on any atom is 0.242 e. The van der Waals surface area contributed by atoms with Gasteiger partial charge in [-0.2, -0.15) is 0 Å². The molecule has 0 spiro atoms. The number of carbonyl (C=O) groups is 2. The number of hydrogen-bond acceptors (Lipinski definition) is 3. The van der Waals surface area contributed by atoms with Gasteiger partial charge < -0.3 is 15.1 Å². The SMILES string of the molecule is CCCN(C(=O)CN1CCCCC1=O)C1CCNCC1.Cl. The minimum atomic E-state index is 0. The molecule has 0 saturated carbocycles. The minimum Gasteiger partial charge on any atom is -0.338 e. The number of halogens is 1. The smallest absolute Gasteiger partial charge is 0.242 e. The first-order valence-corrected chi connectivity index (χ1v) is 8.00. The third kappa shape index (κ3) is 5.15. The molecule has 2 rings (SSSR count). The Bertz CT molecular complexity index is 346. The van der Waals surface area contributed by atoms with Gasteiger partial charge in [0.2, 0.25) is 11.8 Å². The molecule has 6 heteroatoms. The van der Waals surface area contributed by atoms with Crippen LogP contribution in [0.5, 0.6) is 0 Å². The number of nitrogens with zero attached hydrogens (tertiary/aromatic N) is 2. The highest BCUT2D eigenvalue weighted by Crippen LogP contribution is 2.15. The molecule has 0 atom stereocenters. The number of carbonyl (C=O) groups excluding carboxylic acids is 2. The Kier molecular flexibility index (Phi) is 8.04. The van der Waals surface area contributed by atoms with E-state index in [9.17, 15) is 9.59 Å². The monoisotopic (exact) mass is 317 g/mol. The van der Waals surface area contributed by atoms with Crippen molar-refractivity contribution in [3.05, 3.63) is 0 Å². The summed E-state index contributed by atoms with van der Waals surface area (Å²) in [6.45, 7) is 5.92. The van der Waals surface area contributed by atoms with Gasteiger partial charge in [-0.15, -0.1) is 12.4 Å². The van der Waals surface area contributed by atoms with Crippen LogP contribution in [0.25, 0.3) is 0 Å². The van der Waals surface area contributed by atoms with E-state index >= 15 is 0 Å². The lowest BCUT2D eigenvalue weighted by Crippen LogP contribution is -2.51. The van der Waals surface area contributed by atoms with Crippen LogP contribution >= 0.6 is 12.4 Å². The fourth-order valence-corrected chi connectivity index (χ4v) is 3.15. The zero-order valence-corrected chi connectivity index (χ0v) is 13.8. The molecule has 0 aromatic carbocycles. The summed E-state index contributed by atoms with van der Waals surface area (Å²) in [6, 6.07) is 0.351. The van der Waals surface area contributed by atoms with Gasteiger partial charge in [-0.25, -0.2) is 0 Å². The van der Waals surface area contributed by atoms with Crippen LogP contribution in [0.2, 0.25) is 0 Å². The Labute approximate surface area is 133 Å². The highest BCUT2D eigenvalue weighted by molar-refractivity contribution is 5.85. The number of amides is 2. The molecule has 0 unspecified atom stereocenters. The van der Waals surface area contributed by atoms with Gasteiger partial charge in [0.1, 0.15) is 0 Å². The van der Waals surface area contributed by atoms with Gasteiger partial charge in [-0.05, 0) is 45.2 Å². The second kappa shape index (κ2) is 9.26. The van der Waals surface area contributed by atoms with E-state index in [1.54, 1.807) is 4.90 Å². The molecule has 21 heavy (non-hydrogen) atoms. The van der Waals surface area contributed by atoms with Crippen molar-refractivity contribution in [2.24, 2.45) is 0 Å². The van der Waals surface area contributed by atoms with Crippen LogP contribution < -0.4 is 5.32 Å². The predicted molar refractivity (Wildman–Crippen MR) is 85.6 cm³/mol. The maximum absolute atomic E-state index is 12.6. The molecule has 0 aromatic heterocycles. The van der Waals surface area contributed by atoms with Gasteiger partial charge in [-0.1, -0.05) is 6.92 Å². The lowest BCUT2D eigenvalue weighted by molar-refractivity contribution is -0.143. The third-order valence-electron chi connectivity index (χ3n) is 4.28. The van der Waals surface area contributed by atoms with Crippen molar-refractivity contribution in [2.75, 3.05) is 32.7 Å². The van der Waals surface area contributed by atoms with E-state index in [4.69, 9.17) is 0 Å². The van der Waals surface area contributed by atoms with Crippen LogP contribution in [0.3, 0.4) is 0 Å². The molecule has 2 heterocycles. The first-order chi connectivity index (χ1) is 9.72. The number of rotatable bonds is 5. The van der Waals surface area contributed by atoms with Crippen molar-refractivity contribution >= 4 is 24.2 Å². The van der Waals surface area contributed by atoms with E-state index in [1.807, 2.05) is 4.90 Å². The van der Waals surface area contributed by atoms with Crippen LogP contribution in [0, 0.1) is 0 Å². The van der Waals surface area contributed by atoms with Crippen molar-refractivity contribution in [1.29, 1.82) is 0 Å². The number of nitrogens with one attached hydrogen (secondary N) is 1. The zero-order chi connectivity index (χ0) is 14.4. The van der Waals surface area contributed by atoms with Gasteiger partial charge in [0.15, 0.2) is 0 Å².